The Morgan fingerprint density at radius 3 is 3.25 bits per heavy atom. The maximum atomic E-state index is 4.44. The minimum Gasteiger partial charge on any atom is -0.313 e. The van der Waals surface area contributed by atoms with Crippen LogP contribution in [0.1, 0.15) is 24.8 Å². The molecule has 3 heteroatoms. The molecule has 0 bridgehead atoms. The number of fused-ring (bicyclic) bond motifs is 1. The van der Waals surface area contributed by atoms with Crippen molar-refractivity contribution in [1.82, 2.24) is 10.3 Å². The van der Waals surface area contributed by atoms with E-state index >= 15 is 0 Å². The summed E-state index contributed by atoms with van der Waals surface area (Å²) in [6, 6.07) is 4.32. The molecule has 0 atom stereocenters. The third-order valence-electron chi connectivity index (χ3n) is 3.11. The number of nitrogens with zero attached hydrogens (tertiary/aromatic N) is 1. The van der Waals surface area contributed by atoms with Crippen molar-refractivity contribution < 1.29 is 0 Å². The number of pyridine rings is 1. The number of nitrogens with one attached hydrogen (secondary N) is 1. The van der Waals surface area contributed by atoms with E-state index < -0.39 is 0 Å². The van der Waals surface area contributed by atoms with Gasteiger partial charge in [-0.25, -0.2) is 0 Å². The predicted octanol–water partition coefficient (Wildman–Crippen LogP) is 3.19. The molecule has 0 spiro atoms. The molecule has 0 saturated heterocycles. The van der Waals surface area contributed by atoms with Gasteiger partial charge in [0.1, 0.15) is 0 Å². The van der Waals surface area contributed by atoms with Crippen LogP contribution in [0.5, 0.6) is 0 Å². The summed E-state index contributed by atoms with van der Waals surface area (Å²) in [7, 11) is 0. The van der Waals surface area contributed by atoms with Crippen LogP contribution in [0.4, 0.5) is 0 Å². The fourth-order valence-corrected chi connectivity index (χ4v) is 2.73. The van der Waals surface area contributed by atoms with Gasteiger partial charge in [-0.2, -0.15) is 0 Å². The van der Waals surface area contributed by atoms with Crippen LogP contribution < -0.4 is 5.32 Å². The highest BCUT2D eigenvalue weighted by atomic mass is 32.1. The van der Waals surface area contributed by atoms with Gasteiger partial charge in [0, 0.05) is 12.7 Å². The van der Waals surface area contributed by atoms with Gasteiger partial charge in [0.2, 0.25) is 0 Å². The Hall–Kier alpha value is -0.930. The lowest BCUT2D eigenvalue weighted by molar-refractivity contribution is 0.612. The molecule has 1 N–H and O–H groups in total. The van der Waals surface area contributed by atoms with Crippen molar-refractivity contribution in [3.8, 4) is 0 Å². The quantitative estimate of drug-likeness (QED) is 0.801. The highest BCUT2D eigenvalue weighted by molar-refractivity contribution is 7.17. The topological polar surface area (TPSA) is 24.9 Å². The summed E-state index contributed by atoms with van der Waals surface area (Å²) in [5.41, 5.74) is 2.41. The average molecular weight is 232 g/mol. The third kappa shape index (κ3) is 2.42. The second-order valence-electron chi connectivity index (χ2n) is 4.56. The monoisotopic (exact) mass is 232 g/mol. The summed E-state index contributed by atoms with van der Waals surface area (Å²) < 4.78 is 1.29. The Labute approximate surface area is 99.7 Å². The van der Waals surface area contributed by atoms with Gasteiger partial charge in [-0.05, 0) is 42.0 Å². The minimum atomic E-state index is 0.952. The number of hydrogen-bond acceptors (Lipinski definition) is 3. The van der Waals surface area contributed by atoms with Crippen LogP contribution in [-0.2, 0) is 6.54 Å². The molecule has 84 valence electrons. The summed E-state index contributed by atoms with van der Waals surface area (Å²) in [5.74, 6) is 1.02. The zero-order valence-electron chi connectivity index (χ0n) is 9.28. The summed E-state index contributed by atoms with van der Waals surface area (Å²) in [6.45, 7) is 2.10. The molecule has 0 radical (unpaired) electrons. The minimum absolute atomic E-state index is 0.952. The summed E-state index contributed by atoms with van der Waals surface area (Å²) in [6.07, 6.45) is 6.22. The van der Waals surface area contributed by atoms with E-state index in [9.17, 15) is 0 Å². The van der Waals surface area contributed by atoms with Crippen LogP contribution in [0.3, 0.4) is 0 Å². The molecule has 2 aromatic rings. The molecular weight excluding hydrogens is 216 g/mol. The second-order valence-corrected chi connectivity index (χ2v) is 5.50. The standard InChI is InChI=1S/C13H16N2S/c1-2-10(1)3-5-14-8-11-7-13-12(15-9-11)4-6-16-13/h4,6-7,9-10,14H,1-3,5,8H2. The van der Waals surface area contributed by atoms with Crippen molar-refractivity contribution in [2.45, 2.75) is 25.8 Å². The smallest absolute Gasteiger partial charge is 0.0809 e. The summed E-state index contributed by atoms with van der Waals surface area (Å²) in [5, 5.41) is 5.59. The van der Waals surface area contributed by atoms with Gasteiger partial charge in [-0.15, -0.1) is 11.3 Å². The van der Waals surface area contributed by atoms with E-state index in [-0.39, 0.29) is 0 Å². The van der Waals surface area contributed by atoms with Crippen LogP contribution in [0, 0.1) is 5.92 Å². The molecule has 1 saturated carbocycles. The van der Waals surface area contributed by atoms with Gasteiger partial charge >= 0.3 is 0 Å². The van der Waals surface area contributed by atoms with Crippen LogP contribution >= 0.6 is 11.3 Å². The van der Waals surface area contributed by atoms with E-state index in [4.69, 9.17) is 0 Å². The molecule has 0 amide bonds. The molecule has 2 nitrogen and oxygen atoms in total. The summed E-state index contributed by atoms with van der Waals surface area (Å²) >= 11 is 1.77. The molecule has 1 fully saturated rings. The molecule has 0 aromatic carbocycles. The lowest BCUT2D eigenvalue weighted by Gasteiger charge is -2.03. The first kappa shape index (κ1) is 10.2. The van der Waals surface area contributed by atoms with Crippen molar-refractivity contribution in [2.24, 2.45) is 5.92 Å². The fourth-order valence-electron chi connectivity index (χ4n) is 1.93. The molecule has 0 aliphatic heterocycles. The van der Waals surface area contributed by atoms with E-state index in [1.54, 1.807) is 11.3 Å². The molecular formula is C13H16N2S. The molecule has 3 rings (SSSR count). The number of thiophene rings is 1. The van der Waals surface area contributed by atoms with Gasteiger partial charge in [-0.3, -0.25) is 4.98 Å². The van der Waals surface area contributed by atoms with Crippen molar-refractivity contribution in [1.29, 1.82) is 0 Å². The fraction of sp³-hybridized carbons (Fsp3) is 0.462. The zero-order chi connectivity index (χ0) is 10.8. The number of hydrogen-bond donors (Lipinski definition) is 1. The van der Waals surface area contributed by atoms with Crippen molar-refractivity contribution in [3.63, 3.8) is 0 Å². The van der Waals surface area contributed by atoms with Crippen molar-refractivity contribution >= 4 is 21.6 Å². The van der Waals surface area contributed by atoms with Gasteiger partial charge in [0.25, 0.3) is 0 Å². The Morgan fingerprint density at radius 2 is 2.38 bits per heavy atom. The van der Waals surface area contributed by atoms with Crippen LogP contribution in [-0.4, -0.2) is 11.5 Å². The van der Waals surface area contributed by atoms with Gasteiger partial charge in [-0.1, -0.05) is 12.8 Å². The van der Waals surface area contributed by atoms with Crippen LogP contribution in [0.15, 0.2) is 23.7 Å². The molecule has 2 aromatic heterocycles. The maximum absolute atomic E-state index is 4.44. The normalized spacial score (nSPS) is 15.8. The van der Waals surface area contributed by atoms with Gasteiger partial charge < -0.3 is 5.32 Å². The highest BCUT2D eigenvalue weighted by Gasteiger charge is 2.19. The van der Waals surface area contributed by atoms with E-state index in [0.717, 1.165) is 24.5 Å². The van der Waals surface area contributed by atoms with E-state index in [2.05, 4.69) is 27.8 Å². The Bertz CT molecular complexity index is 473. The first-order valence-electron chi connectivity index (χ1n) is 5.95. The SMILES string of the molecule is c1cc2ncc(CNCCC3CC3)cc2s1. The molecule has 1 aliphatic rings. The van der Waals surface area contributed by atoms with Crippen LogP contribution in [0.25, 0.3) is 10.2 Å². The Morgan fingerprint density at radius 1 is 1.44 bits per heavy atom. The highest BCUT2D eigenvalue weighted by Crippen LogP contribution is 2.31. The lowest BCUT2D eigenvalue weighted by atomic mass is 10.2. The van der Waals surface area contributed by atoms with Crippen molar-refractivity contribution in [3.05, 3.63) is 29.3 Å². The maximum Gasteiger partial charge on any atom is 0.0809 e. The van der Waals surface area contributed by atoms with E-state index in [1.165, 1.54) is 29.5 Å². The third-order valence-corrected chi connectivity index (χ3v) is 3.97. The van der Waals surface area contributed by atoms with E-state index in [0.29, 0.717) is 0 Å². The number of aromatic nitrogens is 1. The molecule has 0 unspecified atom stereocenters. The number of rotatable bonds is 5. The molecule has 2 heterocycles. The average Bonchev–Trinajstić information content (AvgIpc) is 3.01. The molecule has 1 aliphatic carbocycles. The lowest BCUT2D eigenvalue weighted by Crippen LogP contribution is -2.15. The zero-order valence-corrected chi connectivity index (χ0v) is 10.1. The molecule has 16 heavy (non-hydrogen) atoms. The Kier molecular flexibility index (Phi) is 2.89. The van der Waals surface area contributed by atoms with E-state index in [1.807, 2.05) is 6.20 Å². The van der Waals surface area contributed by atoms with Crippen molar-refractivity contribution in [2.75, 3.05) is 6.54 Å². The summed E-state index contributed by atoms with van der Waals surface area (Å²) in [4.78, 5) is 4.44. The van der Waals surface area contributed by atoms with Gasteiger partial charge in [0.05, 0.1) is 10.2 Å². The second kappa shape index (κ2) is 4.52. The Balaban J connectivity index is 1.55. The predicted molar refractivity (Wildman–Crippen MR) is 68.7 cm³/mol. The first-order valence-corrected chi connectivity index (χ1v) is 6.82. The first-order chi connectivity index (χ1) is 7.92. The largest absolute Gasteiger partial charge is 0.313 e. The van der Waals surface area contributed by atoms with Crippen LogP contribution in [0.2, 0.25) is 0 Å². The van der Waals surface area contributed by atoms with Gasteiger partial charge in [0.15, 0.2) is 0 Å².